The molecular weight excluding hydrogens is 332 g/mol. The molecule has 9 atom stereocenters. The molecule has 0 aromatic carbocycles. The normalized spacial score (nSPS) is 55.6. The van der Waals surface area contributed by atoms with Crippen molar-refractivity contribution in [2.75, 3.05) is 0 Å². The second kappa shape index (κ2) is 5.51. The van der Waals surface area contributed by atoms with Crippen molar-refractivity contribution in [3.8, 4) is 0 Å². The Bertz CT molecular complexity index is 699. The Morgan fingerprint density at radius 3 is 2.42 bits per heavy atom. The van der Waals surface area contributed by atoms with Gasteiger partial charge in [0.15, 0.2) is 5.78 Å². The van der Waals surface area contributed by atoms with Gasteiger partial charge >= 0.3 is 0 Å². The molecule has 3 fully saturated rings. The predicted molar refractivity (Wildman–Crippen MR) is 96.0 cm³/mol. The second-order valence-electron chi connectivity index (χ2n) is 9.39. The standard InChI is InChI=1S/C21H30O5/c1-11(22)21(26)9-6-14-16-13(5-8-20(14,21)3)19(2)7-4-12(23)10-15(19)17(24)18(16)25/h4,7,10,12-14,16-18,23-26H,5-6,8-9H2,1-3H3/t12?,13-,14-,16+,17?,18?,19+,20-,21-/m0/s1. The molecule has 0 radical (unpaired) electrons. The average molecular weight is 362 g/mol. The molecular formula is C21H30O5. The predicted octanol–water partition coefficient (Wildman–Crippen LogP) is 1.35. The van der Waals surface area contributed by atoms with Crippen LogP contribution in [0.3, 0.4) is 0 Å². The minimum atomic E-state index is -1.34. The topological polar surface area (TPSA) is 98.0 Å². The van der Waals surface area contributed by atoms with Crippen LogP contribution in [0.1, 0.15) is 46.5 Å². The van der Waals surface area contributed by atoms with Gasteiger partial charge in [0.05, 0.1) is 12.2 Å². The molecule has 0 aromatic rings. The SMILES string of the molecule is CC(=O)[C@@]1(O)CC[C@H]2[C@@H]3C(O)C(O)C4=CC(O)C=C[C@]4(C)[C@H]3CC[C@@]21C. The second-order valence-corrected chi connectivity index (χ2v) is 9.39. The summed E-state index contributed by atoms with van der Waals surface area (Å²) < 4.78 is 0. The highest BCUT2D eigenvalue weighted by Gasteiger charge is 2.67. The van der Waals surface area contributed by atoms with Gasteiger partial charge in [0.25, 0.3) is 0 Å². The Labute approximate surface area is 154 Å². The zero-order chi connectivity index (χ0) is 19.1. The highest BCUT2D eigenvalue weighted by molar-refractivity contribution is 5.86. The van der Waals surface area contributed by atoms with Crippen molar-refractivity contribution >= 4 is 5.78 Å². The van der Waals surface area contributed by atoms with E-state index in [0.29, 0.717) is 18.4 Å². The molecule has 3 unspecified atom stereocenters. The molecule has 3 saturated carbocycles. The number of fused-ring (bicyclic) bond motifs is 5. The van der Waals surface area contributed by atoms with Gasteiger partial charge in [-0.1, -0.05) is 26.0 Å². The van der Waals surface area contributed by atoms with Crippen LogP contribution in [0.25, 0.3) is 0 Å². The first-order chi connectivity index (χ1) is 12.1. The van der Waals surface area contributed by atoms with Crippen molar-refractivity contribution in [2.45, 2.75) is 70.4 Å². The van der Waals surface area contributed by atoms with Crippen molar-refractivity contribution in [2.24, 2.45) is 28.6 Å². The highest BCUT2D eigenvalue weighted by Crippen LogP contribution is 2.67. The lowest BCUT2D eigenvalue weighted by molar-refractivity contribution is -0.175. The number of aliphatic hydroxyl groups excluding tert-OH is 3. The minimum absolute atomic E-state index is 0.0153. The number of allylic oxidation sites excluding steroid dienone is 1. The number of aliphatic hydroxyl groups is 4. The Morgan fingerprint density at radius 1 is 1.12 bits per heavy atom. The fourth-order valence-corrected chi connectivity index (χ4v) is 6.93. The summed E-state index contributed by atoms with van der Waals surface area (Å²) in [5.74, 6) is -0.278. The van der Waals surface area contributed by atoms with Gasteiger partial charge < -0.3 is 20.4 Å². The molecule has 0 aromatic heterocycles. The maximum absolute atomic E-state index is 12.3. The van der Waals surface area contributed by atoms with Gasteiger partial charge in [-0.25, -0.2) is 0 Å². The number of carbonyl (C=O) groups excluding carboxylic acids is 1. The summed E-state index contributed by atoms with van der Waals surface area (Å²) >= 11 is 0. The van der Waals surface area contributed by atoms with E-state index >= 15 is 0 Å². The van der Waals surface area contributed by atoms with Gasteiger partial charge in [0, 0.05) is 10.8 Å². The lowest BCUT2D eigenvalue weighted by atomic mass is 9.46. The Balaban J connectivity index is 1.78. The summed E-state index contributed by atoms with van der Waals surface area (Å²) in [7, 11) is 0. The summed E-state index contributed by atoms with van der Waals surface area (Å²) in [6.07, 6.45) is 5.27. The van der Waals surface area contributed by atoms with Crippen molar-refractivity contribution in [1.29, 1.82) is 0 Å². The zero-order valence-electron chi connectivity index (χ0n) is 15.7. The molecule has 0 amide bonds. The van der Waals surface area contributed by atoms with Crippen LogP contribution >= 0.6 is 0 Å². The lowest BCUT2D eigenvalue weighted by Gasteiger charge is -2.60. The molecule has 4 aliphatic rings. The molecule has 4 rings (SSSR count). The van der Waals surface area contributed by atoms with Crippen molar-refractivity contribution < 1.29 is 25.2 Å². The fraction of sp³-hybridized carbons (Fsp3) is 0.762. The van der Waals surface area contributed by atoms with Crippen molar-refractivity contribution in [3.05, 3.63) is 23.8 Å². The third-order valence-electron chi connectivity index (χ3n) is 8.49. The Hall–Kier alpha value is -1.01. The molecule has 4 N–H and O–H groups in total. The van der Waals surface area contributed by atoms with Gasteiger partial charge in [-0.15, -0.1) is 0 Å². The third kappa shape index (κ3) is 2.03. The number of carbonyl (C=O) groups is 1. The molecule has 26 heavy (non-hydrogen) atoms. The van der Waals surface area contributed by atoms with E-state index in [0.717, 1.165) is 12.8 Å². The first-order valence-electron chi connectivity index (χ1n) is 9.75. The van der Waals surface area contributed by atoms with Gasteiger partial charge in [0.1, 0.15) is 11.7 Å². The van der Waals surface area contributed by atoms with Crippen LogP contribution in [0, 0.1) is 28.6 Å². The molecule has 0 saturated heterocycles. The molecule has 0 aliphatic heterocycles. The van der Waals surface area contributed by atoms with Gasteiger partial charge in [-0.2, -0.15) is 0 Å². The minimum Gasteiger partial charge on any atom is -0.390 e. The third-order valence-corrected chi connectivity index (χ3v) is 8.49. The van der Waals surface area contributed by atoms with E-state index in [1.165, 1.54) is 6.92 Å². The highest BCUT2D eigenvalue weighted by atomic mass is 16.3. The summed E-state index contributed by atoms with van der Waals surface area (Å²) in [5.41, 5.74) is -1.63. The van der Waals surface area contributed by atoms with Crippen LogP contribution in [0.2, 0.25) is 0 Å². The summed E-state index contributed by atoms with van der Waals surface area (Å²) in [4.78, 5) is 12.3. The lowest BCUT2D eigenvalue weighted by Crippen LogP contribution is -2.62. The Morgan fingerprint density at radius 2 is 1.77 bits per heavy atom. The number of Topliss-reactive ketones (excluding diaryl/α,β-unsaturated/α-hetero) is 1. The maximum atomic E-state index is 12.3. The molecule has 0 spiro atoms. The average Bonchev–Trinajstić information content (AvgIpc) is 2.87. The smallest absolute Gasteiger partial charge is 0.161 e. The quantitative estimate of drug-likeness (QED) is 0.528. The summed E-state index contributed by atoms with van der Waals surface area (Å²) in [6.45, 7) is 5.51. The molecule has 5 heteroatoms. The van der Waals surface area contributed by atoms with Gasteiger partial charge in [0.2, 0.25) is 0 Å². The first kappa shape index (κ1) is 18.4. The van der Waals surface area contributed by atoms with Gasteiger partial charge in [-0.05, 0) is 62.0 Å². The maximum Gasteiger partial charge on any atom is 0.161 e. The number of hydrogen-bond donors (Lipinski definition) is 4. The van der Waals surface area contributed by atoms with Crippen LogP contribution < -0.4 is 0 Å². The number of ketones is 1. The molecule has 5 nitrogen and oxygen atoms in total. The van der Waals surface area contributed by atoms with Gasteiger partial charge in [-0.3, -0.25) is 4.79 Å². The Kier molecular flexibility index (Phi) is 3.89. The van der Waals surface area contributed by atoms with E-state index in [4.69, 9.17) is 0 Å². The van der Waals surface area contributed by atoms with Crippen LogP contribution in [0.5, 0.6) is 0 Å². The van der Waals surface area contributed by atoms with Crippen molar-refractivity contribution in [3.63, 3.8) is 0 Å². The van der Waals surface area contributed by atoms with E-state index in [2.05, 4.69) is 6.92 Å². The molecule has 4 aliphatic carbocycles. The van der Waals surface area contributed by atoms with Crippen LogP contribution in [0.4, 0.5) is 0 Å². The summed E-state index contributed by atoms with van der Waals surface area (Å²) in [6, 6.07) is 0. The van der Waals surface area contributed by atoms with E-state index in [1.807, 2.05) is 13.0 Å². The van der Waals surface area contributed by atoms with Crippen LogP contribution in [-0.2, 0) is 4.79 Å². The largest absolute Gasteiger partial charge is 0.390 e. The van der Waals surface area contributed by atoms with E-state index < -0.39 is 34.7 Å². The van der Waals surface area contributed by atoms with Crippen molar-refractivity contribution in [1.82, 2.24) is 0 Å². The van der Waals surface area contributed by atoms with E-state index in [-0.39, 0.29) is 23.5 Å². The number of hydrogen-bond acceptors (Lipinski definition) is 5. The molecule has 0 bridgehead atoms. The summed E-state index contributed by atoms with van der Waals surface area (Å²) in [5, 5.41) is 43.0. The van der Waals surface area contributed by atoms with Crippen LogP contribution in [0.15, 0.2) is 23.8 Å². The fourth-order valence-electron chi connectivity index (χ4n) is 6.93. The van der Waals surface area contributed by atoms with E-state index in [9.17, 15) is 25.2 Å². The first-order valence-corrected chi connectivity index (χ1v) is 9.75. The monoisotopic (exact) mass is 362 g/mol. The zero-order valence-corrected chi connectivity index (χ0v) is 15.7. The molecule has 144 valence electrons. The van der Waals surface area contributed by atoms with Crippen LogP contribution in [-0.4, -0.2) is 50.1 Å². The molecule has 0 heterocycles. The number of rotatable bonds is 1. The van der Waals surface area contributed by atoms with E-state index in [1.54, 1.807) is 12.2 Å².